The number of rotatable bonds is 3. The van der Waals surface area contributed by atoms with Gasteiger partial charge in [0, 0.05) is 31.4 Å². The summed E-state index contributed by atoms with van der Waals surface area (Å²) in [7, 11) is 0. The molecule has 1 atom stereocenters. The van der Waals surface area contributed by atoms with Gasteiger partial charge in [-0.25, -0.2) is 4.98 Å². The summed E-state index contributed by atoms with van der Waals surface area (Å²) in [6, 6.07) is 1.46. The Hall–Kier alpha value is -1.24. The number of aromatic nitrogens is 2. The second kappa shape index (κ2) is 5.39. The van der Waals surface area contributed by atoms with E-state index in [0.29, 0.717) is 31.2 Å². The molecule has 6 nitrogen and oxygen atoms in total. The maximum atomic E-state index is 11.4. The van der Waals surface area contributed by atoms with Crippen LogP contribution in [-0.4, -0.2) is 52.8 Å². The first-order valence-electron chi connectivity index (χ1n) is 5.71. The maximum absolute atomic E-state index is 11.4. The van der Waals surface area contributed by atoms with E-state index in [1.54, 1.807) is 6.92 Å². The molecule has 0 saturated carbocycles. The lowest BCUT2D eigenvalue weighted by Gasteiger charge is -2.31. The van der Waals surface area contributed by atoms with E-state index in [4.69, 9.17) is 9.84 Å². The summed E-state index contributed by atoms with van der Waals surface area (Å²) in [5, 5.41) is 8.91. The largest absolute Gasteiger partial charge is 0.395 e. The molecule has 1 aromatic rings. The molecule has 1 fully saturated rings. The molecule has 94 valence electrons. The molecule has 2 N–H and O–H groups in total. The van der Waals surface area contributed by atoms with E-state index >= 15 is 0 Å². The lowest BCUT2D eigenvalue weighted by Crippen LogP contribution is -2.40. The highest BCUT2D eigenvalue weighted by Gasteiger charge is 2.23. The summed E-state index contributed by atoms with van der Waals surface area (Å²) in [5.74, 6) is 0.567. The monoisotopic (exact) mass is 239 g/mol. The summed E-state index contributed by atoms with van der Waals surface area (Å²) in [4.78, 5) is 20.4. The molecule has 0 aromatic carbocycles. The lowest BCUT2D eigenvalue weighted by molar-refractivity contribution is -0.0381. The zero-order valence-electron chi connectivity index (χ0n) is 9.85. The minimum Gasteiger partial charge on any atom is -0.395 e. The molecular formula is C11H17N3O3. The molecule has 0 amide bonds. The van der Waals surface area contributed by atoms with Gasteiger partial charge >= 0.3 is 0 Å². The number of hydrogen-bond acceptors (Lipinski definition) is 5. The van der Waals surface area contributed by atoms with Crippen molar-refractivity contribution in [1.82, 2.24) is 14.9 Å². The molecule has 2 rings (SSSR count). The van der Waals surface area contributed by atoms with Crippen LogP contribution < -0.4 is 5.56 Å². The Bertz CT molecular complexity index is 430. The van der Waals surface area contributed by atoms with Gasteiger partial charge in [0.2, 0.25) is 0 Å². The zero-order chi connectivity index (χ0) is 12.3. The van der Waals surface area contributed by atoms with Gasteiger partial charge in [-0.2, -0.15) is 0 Å². The fraction of sp³-hybridized carbons (Fsp3) is 0.636. The van der Waals surface area contributed by atoms with E-state index in [0.717, 1.165) is 6.54 Å². The number of aromatic amines is 1. The average molecular weight is 239 g/mol. The summed E-state index contributed by atoms with van der Waals surface area (Å²) in [6.07, 6.45) is -0.220. The fourth-order valence-electron chi connectivity index (χ4n) is 1.97. The van der Waals surface area contributed by atoms with Crippen molar-refractivity contribution in [2.24, 2.45) is 0 Å². The number of aryl methyl sites for hydroxylation is 1. The minimum atomic E-state index is -0.220. The molecule has 17 heavy (non-hydrogen) atoms. The Labute approximate surface area is 99.2 Å². The zero-order valence-corrected chi connectivity index (χ0v) is 9.85. The number of nitrogens with zero attached hydrogens (tertiary/aromatic N) is 2. The van der Waals surface area contributed by atoms with Crippen LogP contribution >= 0.6 is 0 Å². The third-order valence-electron chi connectivity index (χ3n) is 2.76. The Morgan fingerprint density at radius 2 is 2.53 bits per heavy atom. The quantitative estimate of drug-likeness (QED) is 0.739. The normalized spacial score (nSPS) is 21.6. The van der Waals surface area contributed by atoms with Gasteiger partial charge in [0.1, 0.15) is 11.9 Å². The smallest absolute Gasteiger partial charge is 0.251 e. The number of H-pyrrole nitrogens is 1. The number of hydrogen-bond donors (Lipinski definition) is 2. The number of β-amino-alcohol motifs (C(OH)–C–C–N with tert-alkyl or cyclic N) is 1. The fourth-order valence-corrected chi connectivity index (χ4v) is 1.97. The lowest BCUT2D eigenvalue weighted by atomic mass is 10.2. The molecule has 1 aromatic heterocycles. The van der Waals surface area contributed by atoms with E-state index in [9.17, 15) is 4.79 Å². The molecule has 0 aliphatic carbocycles. The van der Waals surface area contributed by atoms with E-state index in [1.807, 2.05) is 0 Å². The second-order valence-corrected chi connectivity index (χ2v) is 4.16. The van der Waals surface area contributed by atoms with Crippen molar-refractivity contribution in [2.75, 3.05) is 32.8 Å². The van der Waals surface area contributed by atoms with Crippen molar-refractivity contribution in [2.45, 2.75) is 13.0 Å². The van der Waals surface area contributed by atoms with Gasteiger partial charge in [0.05, 0.1) is 13.2 Å². The van der Waals surface area contributed by atoms with Crippen molar-refractivity contribution < 1.29 is 9.84 Å². The predicted octanol–water partition coefficient (Wildman–Crippen LogP) is -0.556. The summed E-state index contributed by atoms with van der Waals surface area (Å²) in [5.41, 5.74) is 0.530. The van der Waals surface area contributed by atoms with Crippen LogP contribution in [0.15, 0.2) is 10.9 Å². The first-order chi connectivity index (χ1) is 8.19. The van der Waals surface area contributed by atoms with Gasteiger partial charge in [-0.3, -0.25) is 9.69 Å². The summed E-state index contributed by atoms with van der Waals surface area (Å²) in [6.45, 7) is 4.57. The molecule has 0 unspecified atom stereocenters. The van der Waals surface area contributed by atoms with Crippen LogP contribution in [0.3, 0.4) is 0 Å². The van der Waals surface area contributed by atoms with Gasteiger partial charge < -0.3 is 14.8 Å². The Morgan fingerprint density at radius 1 is 1.71 bits per heavy atom. The maximum Gasteiger partial charge on any atom is 0.251 e. The average Bonchev–Trinajstić information content (AvgIpc) is 2.28. The Morgan fingerprint density at radius 3 is 3.24 bits per heavy atom. The highest BCUT2D eigenvalue weighted by molar-refractivity contribution is 5.03. The van der Waals surface area contributed by atoms with Crippen molar-refractivity contribution in [3.8, 4) is 0 Å². The van der Waals surface area contributed by atoms with Crippen molar-refractivity contribution in [1.29, 1.82) is 0 Å². The minimum absolute atomic E-state index is 0.129. The van der Waals surface area contributed by atoms with E-state index in [1.165, 1.54) is 6.07 Å². The predicted molar refractivity (Wildman–Crippen MR) is 61.8 cm³/mol. The van der Waals surface area contributed by atoms with E-state index < -0.39 is 0 Å². The number of aliphatic hydroxyl groups is 1. The topological polar surface area (TPSA) is 78.5 Å². The van der Waals surface area contributed by atoms with Crippen LogP contribution in [0.1, 0.15) is 17.6 Å². The molecule has 1 aliphatic rings. The van der Waals surface area contributed by atoms with E-state index in [-0.39, 0.29) is 18.3 Å². The molecule has 2 heterocycles. The van der Waals surface area contributed by atoms with Gasteiger partial charge in [0.15, 0.2) is 0 Å². The van der Waals surface area contributed by atoms with Crippen LogP contribution in [0.2, 0.25) is 0 Å². The Kier molecular flexibility index (Phi) is 3.88. The van der Waals surface area contributed by atoms with Gasteiger partial charge in [-0.15, -0.1) is 0 Å². The summed E-state index contributed by atoms with van der Waals surface area (Å²) >= 11 is 0. The highest BCUT2D eigenvalue weighted by atomic mass is 16.5. The van der Waals surface area contributed by atoms with Crippen LogP contribution in [0.4, 0.5) is 0 Å². The summed E-state index contributed by atoms with van der Waals surface area (Å²) < 4.78 is 5.59. The number of ether oxygens (including phenoxy) is 1. The standard InChI is InChI=1S/C11H17N3O3/c1-8-6-10(16)13-11(12-8)9-7-14(2-4-15)3-5-17-9/h6,9,15H,2-5,7H2,1H3,(H,12,13,16)/t9-/m0/s1. The molecule has 1 aliphatic heterocycles. The first kappa shape index (κ1) is 12.2. The SMILES string of the molecule is Cc1cc(=O)[nH]c([C@@H]2CN(CCO)CCO2)n1. The second-order valence-electron chi connectivity index (χ2n) is 4.16. The molecule has 0 radical (unpaired) electrons. The third kappa shape index (κ3) is 3.12. The van der Waals surface area contributed by atoms with Crippen LogP contribution in [0, 0.1) is 6.92 Å². The third-order valence-corrected chi connectivity index (χ3v) is 2.76. The van der Waals surface area contributed by atoms with Gasteiger partial charge in [0.25, 0.3) is 5.56 Å². The highest BCUT2D eigenvalue weighted by Crippen LogP contribution is 2.17. The molecular weight excluding hydrogens is 222 g/mol. The van der Waals surface area contributed by atoms with E-state index in [2.05, 4.69) is 14.9 Å². The molecule has 0 spiro atoms. The molecule has 0 bridgehead atoms. The van der Waals surface area contributed by atoms with Crippen LogP contribution in [-0.2, 0) is 4.74 Å². The van der Waals surface area contributed by atoms with Crippen LogP contribution in [0.25, 0.3) is 0 Å². The van der Waals surface area contributed by atoms with Gasteiger partial charge in [-0.05, 0) is 6.92 Å². The number of aliphatic hydroxyl groups excluding tert-OH is 1. The Balaban J connectivity index is 2.13. The number of morpholine rings is 1. The first-order valence-corrected chi connectivity index (χ1v) is 5.71. The van der Waals surface area contributed by atoms with Crippen LogP contribution in [0.5, 0.6) is 0 Å². The van der Waals surface area contributed by atoms with Crippen molar-refractivity contribution >= 4 is 0 Å². The number of nitrogens with one attached hydrogen (secondary N) is 1. The van der Waals surface area contributed by atoms with Crippen molar-refractivity contribution in [3.63, 3.8) is 0 Å². The van der Waals surface area contributed by atoms with Gasteiger partial charge in [-0.1, -0.05) is 0 Å². The molecule has 1 saturated heterocycles. The van der Waals surface area contributed by atoms with Crippen molar-refractivity contribution in [3.05, 3.63) is 27.9 Å². The molecule has 6 heteroatoms.